The molecule has 110 valence electrons. The van der Waals surface area contributed by atoms with E-state index in [4.69, 9.17) is 4.74 Å². The largest absolute Gasteiger partial charge is 0.482 e. The lowest BCUT2D eigenvalue weighted by Crippen LogP contribution is -2.14. The average molecular weight is 289 g/mol. The van der Waals surface area contributed by atoms with Gasteiger partial charge < -0.3 is 9.72 Å². The Hall–Kier alpha value is -2.43. The van der Waals surface area contributed by atoms with Crippen LogP contribution in [0.2, 0.25) is 0 Å². The van der Waals surface area contributed by atoms with Gasteiger partial charge in [0, 0.05) is 11.3 Å². The lowest BCUT2D eigenvalue weighted by atomic mass is 10.1. The fourth-order valence-electron chi connectivity index (χ4n) is 2.33. The van der Waals surface area contributed by atoms with Gasteiger partial charge in [0.15, 0.2) is 24.0 Å². The second-order valence-electron chi connectivity index (χ2n) is 4.82. The molecule has 0 aliphatic carbocycles. The zero-order valence-corrected chi connectivity index (χ0v) is 12.1. The van der Waals surface area contributed by atoms with Crippen molar-refractivity contribution in [1.82, 2.24) is 4.98 Å². The summed E-state index contributed by atoms with van der Waals surface area (Å²) in [5, 5.41) is 0. The average Bonchev–Trinajstić information content (AvgIpc) is 2.73. The summed E-state index contributed by atoms with van der Waals surface area (Å²) in [5.41, 5.74) is 2.09. The molecular weight excluding hydrogens is 273 g/mol. The molecule has 0 bridgehead atoms. The first-order valence-electron chi connectivity index (χ1n) is 6.52. The predicted octanol–water partition coefficient (Wildman–Crippen LogP) is 3.23. The number of nitrogens with one attached hydrogen (secondary N) is 1. The normalized spacial score (nSPS) is 10.5. The minimum Gasteiger partial charge on any atom is -0.482 e. The number of Topliss-reactive ketones (excluding diaryl/α,β-unsaturated/α-hetero) is 2. The number of aromatic nitrogens is 1. The lowest BCUT2D eigenvalue weighted by molar-refractivity contribution is 0.0913. The van der Waals surface area contributed by atoms with Crippen LogP contribution in [-0.4, -0.2) is 23.2 Å². The maximum absolute atomic E-state index is 13.4. The van der Waals surface area contributed by atoms with Crippen molar-refractivity contribution in [3.05, 3.63) is 52.6 Å². The SMILES string of the molecule is CC(=O)c1c(C)[nH]c(C(=O)COc2ccccc2F)c1C. The number of hydrogen-bond acceptors (Lipinski definition) is 3. The maximum Gasteiger partial charge on any atom is 0.216 e. The number of benzene rings is 1. The number of aromatic amines is 1. The molecule has 4 nitrogen and oxygen atoms in total. The van der Waals surface area contributed by atoms with Crippen LogP contribution >= 0.6 is 0 Å². The number of ether oxygens (including phenoxy) is 1. The van der Waals surface area contributed by atoms with E-state index in [0.717, 1.165) is 0 Å². The number of para-hydroxylation sites is 1. The van der Waals surface area contributed by atoms with Gasteiger partial charge >= 0.3 is 0 Å². The van der Waals surface area contributed by atoms with Crippen LogP contribution in [0.1, 0.15) is 39.0 Å². The van der Waals surface area contributed by atoms with Gasteiger partial charge in [-0.2, -0.15) is 0 Å². The smallest absolute Gasteiger partial charge is 0.216 e. The number of ketones is 2. The van der Waals surface area contributed by atoms with Crippen molar-refractivity contribution in [2.75, 3.05) is 6.61 Å². The summed E-state index contributed by atoms with van der Waals surface area (Å²) in [7, 11) is 0. The third-order valence-electron chi connectivity index (χ3n) is 3.26. The lowest BCUT2D eigenvalue weighted by Gasteiger charge is -2.06. The molecule has 0 fully saturated rings. The number of aryl methyl sites for hydroxylation is 1. The number of hydrogen-bond donors (Lipinski definition) is 1. The van der Waals surface area contributed by atoms with Gasteiger partial charge in [-0.1, -0.05) is 12.1 Å². The molecule has 2 aromatic rings. The summed E-state index contributed by atoms with van der Waals surface area (Å²) >= 11 is 0. The van der Waals surface area contributed by atoms with Crippen molar-refractivity contribution in [2.24, 2.45) is 0 Å². The van der Waals surface area contributed by atoms with Gasteiger partial charge in [-0.25, -0.2) is 4.39 Å². The van der Waals surface area contributed by atoms with Gasteiger partial charge in [-0.05, 0) is 38.5 Å². The Morgan fingerprint density at radius 2 is 1.90 bits per heavy atom. The number of rotatable bonds is 5. The van der Waals surface area contributed by atoms with E-state index in [2.05, 4.69) is 4.98 Å². The molecule has 0 radical (unpaired) electrons. The third-order valence-corrected chi connectivity index (χ3v) is 3.26. The van der Waals surface area contributed by atoms with Crippen molar-refractivity contribution in [1.29, 1.82) is 0 Å². The molecule has 0 spiro atoms. The van der Waals surface area contributed by atoms with Crippen LogP contribution in [0.3, 0.4) is 0 Å². The summed E-state index contributed by atoms with van der Waals surface area (Å²) in [6, 6.07) is 5.89. The van der Waals surface area contributed by atoms with Gasteiger partial charge in [-0.3, -0.25) is 9.59 Å². The van der Waals surface area contributed by atoms with Gasteiger partial charge in [0.1, 0.15) is 0 Å². The highest BCUT2D eigenvalue weighted by Gasteiger charge is 2.20. The molecule has 0 saturated heterocycles. The Morgan fingerprint density at radius 3 is 2.48 bits per heavy atom. The van der Waals surface area contributed by atoms with Crippen molar-refractivity contribution in [3.63, 3.8) is 0 Å². The molecule has 0 aliphatic rings. The van der Waals surface area contributed by atoms with Crippen LogP contribution in [0.25, 0.3) is 0 Å². The molecule has 1 N–H and O–H groups in total. The molecule has 0 aliphatic heterocycles. The minimum atomic E-state index is -0.519. The Balaban J connectivity index is 2.17. The molecule has 1 aromatic carbocycles. The molecule has 0 unspecified atom stereocenters. The van der Waals surface area contributed by atoms with Crippen LogP contribution < -0.4 is 4.74 Å². The first-order chi connectivity index (χ1) is 9.91. The second kappa shape index (κ2) is 5.91. The standard InChI is InChI=1S/C16H16FNO3/c1-9-15(11(3)19)10(2)18-16(9)13(20)8-21-14-7-5-4-6-12(14)17/h4-7,18H,8H2,1-3H3. The Bertz CT molecular complexity index is 704. The van der Waals surface area contributed by atoms with Crippen molar-refractivity contribution in [2.45, 2.75) is 20.8 Å². The molecule has 0 saturated carbocycles. The molecule has 0 atom stereocenters. The zero-order chi connectivity index (χ0) is 15.6. The third kappa shape index (κ3) is 3.02. The van der Waals surface area contributed by atoms with Crippen molar-refractivity contribution >= 4 is 11.6 Å². The van der Waals surface area contributed by atoms with Crippen LogP contribution in [0.5, 0.6) is 5.75 Å². The highest BCUT2D eigenvalue weighted by Crippen LogP contribution is 2.20. The Kier molecular flexibility index (Phi) is 4.21. The monoisotopic (exact) mass is 289 g/mol. The van der Waals surface area contributed by atoms with Gasteiger partial charge in [-0.15, -0.1) is 0 Å². The van der Waals surface area contributed by atoms with Crippen LogP contribution in [0.15, 0.2) is 24.3 Å². The molecular formula is C16H16FNO3. The Morgan fingerprint density at radius 1 is 1.24 bits per heavy atom. The highest BCUT2D eigenvalue weighted by atomic mass is 19.1. The van der Waals surface area contributed by atoms with E-state index in [1.165, 1.54) is 19.1 Å². The molecule has 1 aromatic heterocycles. The predicted molar refractivity (Wildman–Crippen MR) is 76.5 cm³/mol. The van der Waals surface area contributed by atoms with E-state index in [1.54, 1.807) is 26.0 Å². The topological polar surface area (TPSA) is 59.2 Å². The fraction of sp³-hybridized carbons (Fsp3) is 0.250. The van der Waals surface area contributed by atoms with Crippen molar-refractivity contribution < 1.29 is 18.7 Å². The number of H-pyrrole nitrogens is 1. The number of halogens is 1. The molecule has 21 heavy (non-hydrogen) atoms. The van der Waals surface area contributed by atoms with E-state index in [9.17, 15) is 14.0 Å². The zero-order valence-electron chi connectivity index (χ0n) is 12.1. The molecule has 5 heteroatoms. The van der Waals surface area contributed by atoms with Crippen LogP contribution in [-0.2, 0) is 0 Å². The van der Waals surface area contributed by atoms with E-state index in [-0.39, 0.29) is 23.9 Å². The fourth-order valence-corrected chi connectivity index (χ4v) is 2.33. The quantitative estimate of drug-likeness (QED) is 0.860. The van der Waals surface area contributed by atoms with Gasteiger partial charge in [0.25, 0.3) is 0 Å². The summed E-state index contributed by atoms with van der Waals surface area (Å²) in [4.78, 5) is 26.6. The van der Waals surface area contributed by atoms with Crippen molar-refractivity contribution in [3.8, 4) is 5.75 Å². The number of carbonyl (C=O) groups is 2. The first-order valence-corrected chi connectivity index (χ1v) is 6.52. The van der Waals surface area contributed by atoms with Gasteiger partial charge in [0.05, 0.1) is 5.69 Å². The van der Waals surface area contributed by atoms with E-state index < -0.39 is 5.82 Å². The summed E-state index contributed by atoms with van der Waals surface area (Å²) in [5.74, 6) is -0.922. The molecule has 2 rings (SSSR count). The summed E-state index contributed by atoms with van der Waals surface area (Å²) < 4.78 is 18.6. The Labute approximate surface area is 121 Å². The first kappa shape index (κ1) is 15.0. The molecule has 0 amide bonds. The maximum atomic E-state index is 13.4. The van der Waals surface area contributed by atoms with E-state index in [0.29, 0.717) is 22.5 Å². The van der Waals surface area contributed by atoms with E-state index >= 15 is 0 Å². The number of carbonyl (C=O) groups excluding carboxylic acids is 2. The van der Waals surface area contributed by atoms with Crippen LogP contribution in [0.4, 0.5) is 4.39 Å². The van der Waals surface area contributed by atoms with Crippen LogP contribution in [0, 0.1) is 19.7 Å². The summed E-state index contributed by atoms with van der Waals surface area (Å²) in [6.45, 7) is 4.60. The summed E-state index contributed by atoms with van der Waals surface area (Å²) in [6.07, 6.45) is 0. The van der Waals surface area contributed by atoms with E-state index in [1.807, 2.05) is 0 Å². The minimum absolute atomic E-state index is 0.0265. The second-order valence-corrected chi connectivity index (χ2v) is 4.82. The molecule has 1 heterocycles. The highest BCUT2D eigenvalue weighted by molar-refractivity contribution is 6.03. The van der Waals surface area contributed by atoms with Gasteiger partial charge in [0.2, 0.25) is 5.78 Å².